The van der Waals surface area contributed by atoms with Gasteiger partial charge in [0.25, 0.3) is 5.56 Å². The van der Waals surface area contributed by atoms with E-state index in [2.05, 4.69) is 4.98 Å². The Bertz CT molecular complexity index is 706. The smallest absolute Gasteiger partial charge is 0.330 e. The zero-order valence-electron chi connectivity index (χ0n) is 12.5. The molecule has 0 aromatic carbocycles. The van der Waals surface area contributed by atoms with Crippen molar-refractivity contribution in [2.24, 2.45) is 0 Å². The number of aromatic nitrogens is 2. The van der Waals surface area contributed by atoms with Crippen LogP contribution in [0.2, 0.25) is 0 Å². The Labute approximate surface area is 130 Å². The van der Waals surface area contributed by atoms with E-state index in [9.17, 15) is 19.5 Å². The summed E-state index contributed by atoms with van der Waals surface area (Å²) >= 11 is 0. The minimum Gasteiger partial charge on any atom is -0.463 e. The summed E-state index contributed by atoms with van der Waals surface area (Å²) in [5.41, 5.74) is -1.31. The van der Waals surface area contributed by atoms with E-state index in [1.54, 1.807) is 6.92 Å². The van der Waals surface area contributed by atoms with Crippen molar-refractivity contribution < 1.29 is 24.5 Å². The average Bonchev–Trinajstić information content (AvgIpc) is 2.87. The first-order valence-electron chi connectivity index (χ1n) is 7.11. The fraction of sp³-hybridized carbons (Fsp3) is 0.500. The molecule has 1 aliphatic heterocycles. The molecule has 0 radical (unpaired) electrons. The van der Waals surface area contributed by atoms with E-state index >= 15 is 0 Å². The number of hydrogen-bond acceptors (Lipinski definition) is 7. The number of aliphatic hydroxyl groups is 2. The third kappa shape index (κ3) is 3.95. The molecule has 1 aromatic heterocycles. The van der Waals surface area contributed by atoms with E-state index in [1.165, 1.54) is 12.3 Å². The van der Waals surface area contributed by atoms with Crippen molar-refractivity contribution in [3.05, 3.63) is 38.7 Å². The lowest BCUT2D eigenvalue weighted by molar-refractivity contribution is -0.137. The van der Waals surface area contributed by atoms with Crippen LogP contribution in [0.1, 0.15) is 25.1 Å². The lowest BCUT2D eigenvalue weighted by Gasteiger charge is -2.14. The van der Waals surface area contributed by atoms with Crippen LogP contribution in [0.3, 0.4) is 0 Å². The minimum absolute atomic E-state index is 0.0585. The maximum absolute atomic E-state index is 11.9. The quantitative estimate of drug-likeness (QED) is 0.455. The van der Waals surface area contributed by atoms with Crippen LogP contribution in [-0.4, -0.2) is 51.2 Å². The van der Waals surface area contributed by atoms with Crippen LogP contribution in [0.5, 0.6) is 0 Å². The molecule has 1 unspecified atom stereocenters. The molecule has 1 aliphatic rings. The molecule has 9 heteroatoms. The van der Waals surface area contributed by atoms with Crippen molar-refractivity contribution in [2.45, 2.75) is 31.8 Å². The first kappa shape index (κ1) is 17.1. The van der Waals surface area contributed by atoms with Gasteiger partial charge in [-0.05, 0) is 13.0 Å². The number of aliphatic hydroxyl groups excluding tert-OH is 2. The number of aromatic amines is 1. The molecule has 3 N–H and O–H groups in total. The predicted molar refractivity (Wildman–Crippen MR) is 78.6 cm³/mol. The number of ether oxygens (including phenoxy) is 2. The highest BCUT2D eigenvalue weighted by atomic mass is 16.5. The van der Waals surface area contributed by atoms with Crippen LogP contribution in [-0.2, 0) is 14.3 Å². The summed E-state index contributed by atoms with van der Waals surface area (Å²) in [4.78, 5) is 37.0. The molecule has 2 heterocycles. The van der Waals surface area contributed by atoms with Gasteiger partial charge in [-0.15, -0.1) is 0 Å². The standard InChI is InChI=1S/C14H18N2O7/c1-2-22-12(19)4-3-8-6-16(14(21)15-13(8)20)11-5-9(18)10(7-17)23-11/h3-4,6,9-11,17-18H,2,5,7H2,1H3,(H,15,20,21)/t9?,10-,11-/m1/s1. The van der Waals surface area contributed by atoms with Gasteiger partial charge in [-0.3, -0.25) is 14.3 Å². The number of carbonyl (C=O) groups is 1. The maximum Gasteiger partial charge on any atom is 0.330 e. The molecule has 0 spiro atoms. The van der Waals surface area contributed by atoms with E-state index in [0.29, 0.717) is 0 Å². The second kappa shape index (κ2) is 7.36. The van der Waals surface area contributed by atoms with Gasteiger partial charge in [-0.25, -0.2) is 9.59 Å². The van der Waals surface area contributed by atoms with Gasteiger partial charge in [-0.2, -0.15) is 0 Å². The molecule has 9 nitrogen and oxygen atoms in total. The van der Waals surface area contributed by atoms with Gasteiger partial charge < -0.3 is 19.7 Å². The van der Waals surface area contributed by atoms with Crippen molar-refractivity contribution in [1.82, 2.24) is 9.55 Å². The fourth-order valence-electron chi connectivity index (χ4n) is 2.23. The zero-order chi connectivity index (χ0) is 17.0. The molecule has 1 saturated heterocycles. The number of hydrogen-bond donors (Lipinski definition) is 3. The number of rotatable bonds is 5. The molecule has 126 valence electrons. The van der Waals surface area contributed by atoms with Crippen LogP contribution in [0, 0.1) is 0 Å². The minimum atomic E-state index is -0.914. The van der Waals surface area contributed by atoms with Crippen molar-refractivity contribution >= 4 is 12.0 Å². The van der Waals surface area contributed by atoms with Gasteiger partial charge >= 0.3 is 11.7 Å². The first-order chi connectivity index (χ1) is 11.0. The third-order valence-electron chi connectivity index (χ3n) is 3.38. The highest BCUT2D eigenvalue weighted by Gasteiger charge is 2.35. The van der Waals surface area contributed by atoms with Gasteiger partial charge in [0, 0.05) is 18.7 Å². The van der Waals surface area contributed by atoms with Crippen LogP contribution in [0.25, 0.3) is 6.08 Å². The van der Waals surface area contributed by atoms with E-state index in [-0.39, 0.29) is 25.2 Å². The molecule has 3 atom stereocenters. The Morgan fingerprint density at radius 1 is 1.57 bits per heavy atom. The van der Waals surface area contributed by atoms with E-state index in [1.807, 2.05) is 0 Å². The molecule has 1 fully saturated rings. The molecule has 1 aromatic rings. The molecule has 0 amide bonds. The summed E-state index contributed by atoms with van der Waals surface area (Å²) in [5, 5.41) is 18.8. The van der Waals surface area contributed by atoms with E-state index in [0.717, 1.165) is 10.6 Å². The number of nitrogens with one attached hydrogen (secondary N) is 1. The topological polar surface area (TPSA) is 131 Å². The fourth-order valence-corrected chi connectivity index (χ4v) is 2.23. The van der Waals surface area contributed by atoms with Gasteiger partial charge in [0.1, 0.15) is 12.3 Å². The largest absolute Gasteiger partial charge is 0.463 e. The summed E-state index contributed by atoms with van der Waals surface area (Å²) in [7, 11) is 0. The number of H-pyrrole nitrogens is 1. The van der Waals surface area contributed by atoms with Gasteiger partial charge in [0.05, 0.1) is 24.9 Å². The summed E-state index contributed by atoms with van der Waals surface area (Å²) in [6.45, 7) is 1.47. The van der Waals surface area contributed by atoms with Crippen molar-refractivity contribution in [3.63, 3.8) is 0 Å². The van der Waals surface area contributed by atoms with E-state index < -0.39 is 35.7 Å². The van der Waals surface area contributed by atoms with Crippen LogP contribution in [0.15, 0.2) is 21.9 Å². The maximum atomic E-state index is 11.9. The van der Waals surface area contributed by atoms with Gasteiger partial charge in [0.2, 0.25) is 0 Å². The van der Waals surface area contributed by atoms with Crippen LogP contribution >= 0.6 is 0 Å². The molecular formula is C14H18N2O7. The monoisotopic (exact) mass is 326 g/mol. The molecule has 0 bridgehead atoms. The number of carbonyl (C=O) groups excluding carboxylic acids is 1. The highest BCUT2D eigenvalue weighted by molar-refractivity contribution is 5.86. The van der Waals surface area contributed by atoms with Crippen LogP contribution < -0.4 is 11.2 Å². The van der Waals surface area contributed by atoms with Crippen molar-refractivity contribution in [3.8, 4) is 0 Å². The lowest BCUT2D eigenvalue weighted by Crippen LogP contribution is -2.33. The van der Waals surface area contributed by atoms with Crippen molar-refractivity contribution in [2.75, 3.05) is 13.2 Å². The second-order valence-corrected chi connectivity index (χ2v) is 4.95. The lowest BCUT2D eigenvalue weighted by atomic mass is 10.2. The van der Waals surface area contributed by atoms with Crippen molar-refractivity contribution in [1.29, 1.82) is 0 Å². The Balaban J connectivity index is 2.29. The molecule has 0 saturated carbocycles. The highest BCUT2D eigenvalue weighted by Crippen LogP contribution is 2.27. The Hall–Kier alpha value is -2.23. The summed E-state index contributed by atoms with van der Waals surface area (Å²) < 4.78 is 11.2. The Morgan fingerprint density at radius 3 is 2.91 bits per heavy atom. The number of nitrogens with zero attached hydrogens (tertiary/aromatic N) is 1. The average molecular weight is 326 g/mol. The van der Waals surface area contributed by atoms with Gasteiger partial charge in [-0.1, -0.05) is 0 Å². The molecule has 0 aliphatic carbocycles. The molecule has 23 heavy (non-hydrogen) atoms. The zero-order valence-corrected chi connectivity index (χ0v) is 12.5. The SMILES string of the molecule is CCOC(=O)C=Cc1cn([C@H]2CC(O)[C@@H](CO)O2)c(=O)[nH]c1=O. The second-order valence-electron chi connectivity index (χ2n) is 4.95. The van der Waals surface area contributed by atoms with Crippen LogP contribution in [0.4, 0.5) is 0 Å². The van der Waals surface area contributed by atoms with E-state index in [4.69, 9.17) is 14.6 Å². The predicted octanol–water partition coefficient (Wildman–Crippen LogP) is -1.25. The summed E-state index contributed by atoms with van der Waals surface area (Å²) in [6, 6.07) is 0. The van der Waals surface area contributed by atoms with Gasteiger partial charge in [0.15, 0.2) is 0 Å². The Kier molecular flexibility index (Phi) is 5.48. The normalized spacial score (nSPS) is 24.2. The summed E-state index contributed by atoms with van der Waals surface area (Å²) in [5.74, 6) is -0.613. The number of esters is 1. The summed E-state index contributed by atoms with van der Waals surface area (Å²) in [6.07, 6.45) is 1.10. The third-order valence-corrected chi connectivity index (χ3v) is 3.38. The molecular weight excluding hydrogens is 308 g/mol. The molecule has 2 rings (SSSR count). The first-order valence-corrected chi connectivity index (χ1v) is 7.11. The Morgan fingerprint density at radius 2 is 2.30 bits per heavy atom.